The summed E-state index contributed by atoms with van der Waals surface area (Å²) in [7, 11) is 0. The number of fused-ring (bicyclic) bond motifs is 1. The molecule has 0 saturated carbocycles. The molecule has 2 aromatic heterocycles. The molecule has 0 spiro atoms. The third-order valence-corrected chi connectivity index (χ3v) is 4.97. The van der Waals surface area contributed by atoms with Crippen LogP contribution in [0.5, 0.6) is 0 Å². The van der Waals surface area contributed by atoms with E-state index < -0.39 is 5.91 Å². The Morgan fingerprint density at radius 2 is 2.09 bits per heavy atom. The van der Waals surface area contributed by atoms with E-state index in [0.29, 0.717) is 32.5 Å². The van der Waals surface area contributed by atoms with Gasteiger partial charge in [-0.2, -0.15) is 0 Å². The van der Waals surface area contributed by atoms with Crippen molar-refractivity contribution >= 4 is 50.7 Å². The predicted molar refractivity (Wildman–Crippen MR) is 88.8 cm³/mol. The Bertz CT molecular complexity index is 968. The van der Waals surface area contributed by atoms with Crippen molar-refractivity contribution in [2.45, 2.75) is 6.42 Å². The molecule has 0 aliphatic rings. The maximum atomic E-state index is 12.1. The summed E-state index contributed by atoms with van der Waals surface area (Å²) in [6.07, 6.45) is 0.361. The molecule has 3 N–H and O–H groups in total. The third kappa shape index (κ3) is 3.23. The monoisotopic (exact) mass is 369 g/mol. The minimum Gasteiger partial charge on any atom is -0.309 e. The van der Waals surface area contributed by atoms with Crippen LogP contribution in [-0.2, 0) is 6.42 Å². The third-order valence-electron chi connectivity index (χ3n) is 3.11. The molecule has 0 aliphatic heterocycles. The fourth-order valence-corrected chi connectivity index (χ4v) is 3.28. The number of carbonyl (C=O) groups excluding carboxylic acids is 1. The number of hydrogen-bond acceptors (Lipinski definition) is 5. The minimum atomic E-state index is -0.682. The number of carbonyl (C=O) groups is 1. The van der Waals surface area contributed by atoms with Crippen LogP contribution in [0.2, 0.25) is 10.0 Å². The molecule has 0 unspecified atom stereocenters. The second-order valence-corrected chi connectivity index (χ2v) is 6.57. The molecule has 3 rings (SSSR count). The molecule has 23 heavy (non-hydrogen) atoms. The van der Waals surface area contributed by atoms with Gasteiger partial charge in [0.15, 0.2) is 0 Å². The maximum absolute atomic E-state index is 12.1. The van der Waals surface area contributed by atoms with E-state index in [1.54, 1.807) is 18.2 Å². The molecule has 118 valence electrons. The Morgan fingerprint density at radius 3 is 2.78 bits per heavy atom. The highest BCUT2D eigenvalue weighted by Crippen LogP contribution is 2.24. The molecule has 1 amide bonds. The van der Waals surface area contributed by atoms with Crippen LogP contribution in [0, 0.1) is 0 Å². The van der Waals surface area contributed by atoms with Crippen LogP contribution in [0.4, 0.5) is 0 Å². The van der Waals surface area contributed by atoms with Crippen molar-refractivity contribution in [2.24, 2.45) is 0 Å². The highest BCUT2D eigenvalue weighted by atomic mass is 35.5. The number of benzene rings is 1. The largest absolute Gasteiger partial charge is 0.309 e. The lowest BCUT2D eigenvalue weighted by Gasteiger charge is -2.03. The molecule has 0 aliphatic carbocycles. The van der Waals surface area contributed by atoms with E-state index in [4.69, 9.17) is 28.4 Å². The highest BCUT2D eigenvalue weighted by Gasteiger charge is 2.14. The van der Waals surface area contributed by atoms with Crippen molar-refractivity contribution in [3.63, 3.8) is 0 Å². The first-order valence-corrected chi connectivity index (χ1v) is 7.96. The minimum absolute atomic E-state index is 0.201. The van der Waals surface area contributed by atoms with Gasteiger partial charge in [0.05, 0.1) is 20.4 Å². The first-order valence-electron chi connectivity index (χ1n) is 6.39. The van der Waals surface area contributed by atoms with Crippen molar-refractivity contribution in [2.75, 3.05) is 0 Å². The van der Waals surface area contributed by atoms with E-state index in [1.807, 2.05) is 0 Å². The summed E-state index contributed by atoms with van der Waals surface area (Å²) in [5.41, 5.74) is 2.43. The van der Waals surface area contributed by atoms with Gasteiger partial charge in [-0.3, -0.25) is 14.8 Å². The van der Waals surface area contributed by atoms with Crippen LogP contribution in [-0.4, -0.2) is 21.1 Å². The van der Waals surface area contributed by atoms with Crippen LogP contribution < -0.4 is 11.0 Å². The summed E-state index contributed by atoms with van der Waals surface area (Å²) in [6.45, 7) is 0. The van der Waals surface area contributed by atoms with Crippen LogP contribution in [0.3, 0.4) is 0 Å². The van der Waals surface area contributed by atoms with Gasteiger partial charge < -0.3 is 4.98 Å². The Morgan fingerprint density at radius 1 is 1.30 bits per heavy atom. The molecule has 0 atom stereocenters. The molecular formula is C14H9Cl2N3O3S. The quantitative estimate of drug-likeness (QED) is 0.488. The molecule has 0 radical (unpaired) electrons. The average Bonchev–Trinajstić information content (AvgIpc) is 2.95. The topological polar surface area (TPSA) is 95.1 Å². The van der Waals surface area contributed by atoms with Gasteiger partial charge in [-0.05, 0) is 23.8 Å². The van der Waals surface area contributed by atoms with Gasteiger partial charge in [-0.1, -0.05) is 29.3 Å². The van der Waals surface area contributed by atoms with E-state index in [9.17, 15) is 9.59 Å². The smallest absolute Gasteiger partial charge is 0.284 e. The summed E-state index contributed by atoms with van der Waals surface area (Å²) >= 11 is 12.8. The molecule has 1 aromatic carbocycles. The van der Waals surface area contributed by atoms with Crippen molar-refractivity contribution in [3.05, 3.63) is 60.9 Å². The molecular weight excluding hydrogens is 361 g/mol. The summed E-state index contributed by atoms with van der Waals surface area (Å²) in [5.74, 6) is -0.243. The zero-order valence-electron chi connectivity index (χ0n) is 11.4. The van der Waals surface area contributed by atoms with Crippen LogP contribution in [0.25, 0.3) is 10.2 Å². The van der Waals surface area contributed by atoms with Crippen molar-refractivity contribution < 1.29 is 10.0 Å². The first-order chi connectivity index (χ1) is 11.0. The van der Waals surface area contributed by atoms with Crippen molar-refractivity contribution in [1.82, 2.24) is 15.4 Å². The van der Waals surface area contributed by atoms with E-state index in [0.717, 1.165) is 16.9 Å². The van der Waals surface area contributed by atoms with Gasteiger partial charge >= 0.3 is 0 Å². The number of hydroxylamine groups is 1. The van der Waals surface area contributed by atoms with E-state index in [-0.39, 0.29) is 10.4 Å². The normalized spacial score (nSPS) is 10.9. The number of amides is 1. The number of halogens is 2. The number of H-pyrrole nitrogens is 1. The van der Waals surface area contributed by atoms with Crippen molar-refractivity contribution in [1.29, 1.82) is 0 Å². The number of aromatic amines is 1. The molecule has 0 bridgehead atoms. The highest BCUT2D eigenvalue weighted by molar-refractivity contribution is 7.20. The van der Waals surface area contributed by atoms with E-state index in [2.05, 4.69) is 9.97 Å². The fraction of sp³-hybridized carbons (Fsp3) is 0.0714. The molecule has 6 nitrogen and oxygen atoms in total. The van der Waals surface area contributed by atoms with Crippen LogP contribution in [0.15, 0.2) is 29.1 Å². The van der Waals surface area contributed by atoms with Gasteiger partial charge in [0.25, 0.3) is 11.5 Å². The van der Waals surface area contributed by atoms with Gasteiger partial charge in [0.2, 0.25) is 0 Å². The Labute approximate surface area is 143 Å². The number of nitrogens with zero attached hydrogens (tertiary/aromatic N) is 1. The Balaban J connectivity index is 2.00. The molecule has 3 aromatic rings. The van der Waals surface area contributed by atoms with Gasteiger partial charge in [-0.15, -0.1) is 11.3 Å². The van der Waals surface area contributed by atoms with Gasteiger partial charge in [0, 0.05) is 6.42 Å². The lowest BCUT2D eigenvalue weighted by atomic mass is 10.1. The average molecular weight is 370 g/mol. The van der Waals surface area contributed by atoms with Gasteiger partial charge in [0.1, 0.15) is 10.5 Å². The maximum Gasteiger partial charge on any atom is 0.284 e. The van der Waals surface area contributed by atoms with E-state index >= 15 is 0 Å². The predicted octanol–water partition coefficient (Wildman–Crippen LogP) is 3.00. The molecule has 0 fully saturated rings. The summed E-state index contributed by atoms with van der Waals surface area (Å²) in [5, 5.41) is 9.53. The number of hydrogen-bond donors (Lipinski definition) is 3. The number of rotatable bonds is 3. The standard InChI is InChI=1S/C14H9Cl2N3O3S/c15-7-2-1-6(3-8(7)16)4-11-17-9-5-10(13(20)19-22)23-12(9)14(21)18-11/h1-3,5,22H,4H2,(H,19,20)(H,17,18,21). The number of aromatic nitrogens is 2. The second kappa shape index (κ2) is 6.29. The summed E-state index contributed by atoms with van der Waals surface area (Å²) in [4.78, 5) is 30.7. The van der Waals surface area contributed by atoms with Crippen molar-refractivity contribution in [3.8, 4) is 0 Å². The summed E-state index contributed by atoms with van der Waals surface area (Å²) < 4.78 is 0.321. The Kier molecular flexibility index (Phi) is 4.36. The molecule has 9 heteroatoms. The van der Waals surface area contributed by atoms with Gasteiger partial charge in [-0.25, -0.2) is 10.5 Å². The zero-order valence-corrected chi connectivity index (χ0v) is 13.7. The van der Waals surface area contributed by atoms with E-state index in [1.165, 1.54) is 11.5 Å². The summed E-state index contributed by atoms with van der Waals surface area (Å²) in [6, 6.07) is 6.62. The lowest BCUT2D eigenvalue weighted by molar-refractivity contribution is 0.0711. The molecule has 2 heterocycles. The van der Waals surface area contributed by atoms with Crippen LogP contribution in [0.1, 0.15) is 21.1 Å². The lowest BCUT2D eigenvalue weighted by Crippen LogP contribution is -2.16. The fourth-order valence-electron chi connectivity index (χ4n) is 2.08. The Hall–Kier alpha value is -1.93. The number of nitrogens with one attached hydrogen (secondary N) is 2. The van der Waals surface area contributed by atoms with Crippen LogP contribution >= 0.6 is 34.5 Å². The second-order valence-electron chi connectivity index (χ2n) is 4.70. The molecule has 0 saturated heterocycles. The number of thiophene rings is 1. The first kappa shape index (κ1) is 15.9. The SMILES string of the molecule is O=C(NO)c1cc2nc(Cc3ccc(Cl)c(Cl)c3)[nH]c(=O)c2s1. The zero-order chi connectivity index (χ0) is 16.6.